The van der Waals surface area contributed by atoms with E-state index in [1.54, 1.807) is 20.8 Å². The molecule has 0 bridgehead atoms. The Labute approximate surface area is 110 Å². The first-order valence-electron chi connectivity index (χ1n) is 5.87. The van der Waals surface area contributed by atoms with Crippen LogP contribution in [0.1, 0.15) is 32.4 Å². The number of nitrogens with two attached hydrogens (primary N) is 1. The molecule has 1 atom stereocenters. The monoisotopic (exact) mass is 272 g/mol. The fourth-order valence-electron chi connectivity index (χ4n) is 1.47. The van der Waals surface area contributed by atoms with Gasteiger partial charge in [-0.1, -0.05) is 6.07 Å². The molecule has 0 aliphatic carbocycles. The van der Waals surface area contributed by atoms with E-state index in [4.69, 9.17) is 10.5 Å². The van der Waals surface area contributed by atoms with Crippen molar-refractivity contribution in [1.29, 1.82) is 0 Å². The van der Waals surface area contributed by atoms with E-state index in [2.05, 4.69) is 5.32 Å². The number of nitrogens with one attached hydrogen (secondary N) is 1. The summed E-state index contributed by atoms with van der Waals surface area (Å²) >= 11 is 0. The lowest BCUT2D eigenvalue weighted by Crippen LogP contribution is -2.37. The molecular formula is C13H18F2N2O2. The number of ether oxygens (including phenoxy) is 1. The van der Waals surface area contributed by atoms with Gasteiger partial charge in [-0.2, -0.15) is 0 Å². The molecule has 19 heavy (non-hydrogen) atoms. The number of amides is 1. The van der Waals surface area contributed by atoms with Crippen molar-refractivity contribution < 1.29 is 18.3 Å². The van der Waals surface area contributed by atoms with Crippen molar-refractivity contribution in [2.24, 2.45) is 5.73 Å². The zero-order valence-corrected chi connectivity index (χ0v) is 11.2. The quantitative estimate of drug-likeness (QED) is 0.888. The third-order valence-electron chi connectivity index (χ3n) is 2.24. The molecule has 0 radical (unpaired) electrons. The smallest absolute Gasteiger partial charge is 0.407 e. The Bertz CT molecular complexity index is 438. The van der Waals surface area contributed by atoms with Crippen LogP contribution in [0.25, 0.3) is 0 Å². The number of alkyl carbamates (subject to hydrolysis) is 1. The number of hydrogen-bond acceptors (Lipinski definition) is 3. The predicted molar refractivity (Wildman–Crippen MR) is 67.5 cm³/mol. The SMILES string of the molecule is CC(C)(C)OC(=O)NCC(N)c1c(F)cccc1F. The largest absolute Gasteiger partial charge is 0.444 e. The minimum atomic E-state index is -0.978. The summed E-state index contributed by atoms with van der Waals surface area (Å²) in [5, 5.41) is 2.37. The van der Waals surface area contributed by atoms with Crippen LogP contribution in [-0.2, 0) is 4.74 Å². The van der Waals surface area contributed by atoms with E-state index in [-0.39, 0.29) is 12.1 Å². The first kappa shape index (κ1) is 15.4. The van der Waals surface area contributed by atoms with Gasteiger partial charge in [0, 0.05) is 12.1 Å². The second kappa shape index (κ2) is 5.97. The Morgan fingerprint density at radius 1 is 1.37 bits per heavy atom. The number of carbonyl (C=O) groups is 1. The molecule has 1 unspecified atom stereocenters. The Kier molecular flexibility index (Phi) is 4.83. The number of hydrogen-bond donors (Lipinski definition) is 2. The van der Waals surface area contributed by atoms with E-state index in [0.717, 1.165) is 12.1 Å². The number of carbonyl (C=O) groups excluding carboxylic acids is 1. The minimum absolute atomic E-state index is 0.118. The Balaban J connectivity index is 2.61. The summed E-state index contributed by atoms with van der Waals surface area (Å²) in [6, 6.07) is 2.51. The van der Waals surface area contributed by atoms with Crippen LogP contribution < -0.4 is 11.1 Å². The molecule has 106 valence electrons. The fraction of sp³-hybridized carbons (Fsp3) is 0.462. The summed E-state index contributed by atoms with van der Waals surface area (Å²) < 4.78 is 31.9. The van der Waals surface area contributed by atoms with Crippen molar-refractivity contribution in [2.75, 3.05) is 6.54 Å². The van der Waals surface area contributed by atoms with Gasteiger partial charge < -0.3 is 15.8 Å². The third kappa shape index (κ3) is 4.82. The predicted octanol–water partition coefficient (Wildman–Crippen LogP) is 2.49. The van der Waals surface area contributed by atoms with Crippen molar-refractivity contribution in [1.82, 2.24) is 5.32 Å². The highest BCUT2D eigenvalue weighted by atomic mass is 19.1. The van der Waals surface area contributed by atoms with Crippen LogP contribution in [0, 0.1) is 11.6 Å². The number of rotatable bonds is 3. The van der Waals surface area contributed by atoms with Crippen molar-refractivity contribution in [3.63, 3.8) is 0 Å². The van der Waals surface area contributed by atoms with E-state index < -0.39 is 29.4 Å². The summed E-state index contributed by atoms with van der Waals surface area (Å²) in [7, 11) is 0. The normalized spacial score (nSPS) is 12.9. The highest BCUT2D eigenvalue weighted by Gasteiger charge is 2.19. The first-order chi connectivity index (χ1) is 8.70. The van der Waals surface area contributed by atoms with Crippen molar-refractivity contribution in [3.05, 3.63) is 35.4 Å². The molecule has 0 spiro atoms. The molecule has 0 saturated carbocycles. The molecule has 1 aromatic carbocycles. The second-order valence-electron chi connectivity index (χ2n) is 5.12. The van der Waals surface area contributed by atoms with Gasteiger partial charge in [-0.3, -0.25) is 0 Å². The van der Waals surface area contributed by atoms with Gasteiger partial charge in [0.05, 0.1) is 6.04 Å². The highest BCUT2D eigenvalue weighted by molar-refractivity contribution is 5.67. The van der Waals surface area contributed by atoms with Gasteiger partial charge in [0.15, 0.2) is 0 Å². The zero-order chi connectivity index (χ0) is 14.6. The maximum Gasteiger partial charge on any atom is 0.407 e. The van der Waals surface area contributed by atoms with E-state index in [9.17, 15) is 13.6 Å². The molecule has 4 nitrogen and oxygen atoms in total. The van der Waals surface area contributed by atoms with Gasteiger partial charge in [-0.25, -0.2) is 13.6 Å². The lowest BCUT2D eigenvalue weighted by molar-refractivity contribution is 0.0524. The summed E-state index contributed by atoms with van der Waals surface area (Å²) in [5.41, 5.74) is 4.77. The van der Waals surface area contributed by atoms with Crippen LogP contribution in [0.2, 0.25) is 0 Å². The lowest BCUT2D eigenvalue weighted by Gasteiger charge is -2.21. The Morgan fingerprint density at radius 2 is 1.89 bits per heavy atom. The Hall–Kier alpha value is -1.69. The molecule has 0 fully saturated rings. The molecule has 0 aliphatic heterocycles. The van der Waals surface area contributed by atoms with Gasteiger partial charge in [0.25, 0.3) is 0 Å². The third-order valence-corrected chi connectivity index (χ3v) is 2.24. The number of halogens is 2. The molecule has 0 aromatic heterocycles. The topological polar surface area (TPSA) is 64.3 Å². The second-order valence-corrected chi connectivity index (χ2v) is 5.12. The van der Waals surface area contributed by atoms with E-state index in [0.29, 0.717) is 0 Å². The lowest BCUT2D eigenvalue weighted by atomic mass is 10.1. The van der Waals surface area contributed by atoms with Crippen LogP contribution in [-0.4, -0.2) is 18.2 Å². The zero-order valence-electron chi connectivity index (χ0n) is 11.2. The van der Waals surface area contributed by atoms with Crippen molar-refractivity contribution >= 4 is 6.09 Å². The average molecular weight is 272 g/mol. The average Bonchev–Trinajstić information content (AvgIpc) is 2.23. The van der Waals surface area contributed by atoms with E-state index >= 15 is 0 Å². The number of benzene rings is 1. The molecule has 1 amide bonds. The first-order valence-corrected chi connectivity index (χ1v) is 5.87. The van der Waals surface area contributed by atoms with Crippen molar-refractivity contribution in [2.45, 2.75) is 32.4 Å². The van der Waals surface area contributed by atoms with Crippen LogP contribution >= 0.6 is 0 Å². The van der Waals surface area contributed by atoms with E-state index in [1.165, 1.54) is 6.07 Å². The molecule has 0 saturated heterocycles. The summed E-state index contributed by atoms with van der Waals surface area (Å²) in [6.07, 6.45) is -0.681. The van der Waals surface area contributed by atoms with Crippen LogP contribution in [0.5, 0.6) is 0 Å². The van der Waals surface area contributed by atoms with Gasteiger partial charge in [-0.15, -0.1) is 0 Å². The van der Waals surface area contributed by atoms with E-state index in [1.807, 2.05) is 0 Å². The molecule has 0 aliphatic rings. The van der Waals surface area contributed by atoms with Gasteiger partial charge >= 0.3 is 6.09 Å². The summed E-state index contributed by atoms with van der Waals surface area (Å²) in [5.74, 6) is -1.48. The summed E-state index contributed by atoms with van der Waals surface area (Å²) in [4.78, 5) is 11.4. The Morgan fingerprint density at radius 3 is 2.37 bits per heavy atom. The van der Waals surface area contributed by atoms with Gasteiger partial charge in [0.1, 0.15) is 17.2 Å². The van der Waals surface area contributed by atoms with Crippen molar-refractivity contribution in [3.8, 4) is 0 Å². The van der Waals surface area contributed by atoms with Gasteiger partial charge in [-0.05, 0) is 32.9 Å². The van der Waals surface area contributed by atoms with Crippen LogP contribution in [0.15, 0.2) is 18.2 Å². The molecular weight excluding hydrogens is 254 g/mol. The summed E-state index contributed by atoms with van der Waals surface area (Å²) in [6.45, 7) is 5.02. The molecule has 6 heteroatoms. The molecule has 0 heterocycles. The minimum Gasteiger partial charge on any atom is -0.444 e. The maximum atomic E-state index is 13.4. The van der Waals surface area contributed by atoms with Crippen LogP contribution in [0.4, 0.5) is 13.6 Å². The fourth-order valence-corrected chi connectivity index (χ4v) is 1.47. The van der Waals surface area contributed by atoms with Crippen LogP contribution in [0.3, 0.4) is 0 Å². The standard InChI is InChI=1S/C13H18F2N2O2/c1-13(2,3)19-12(18)17-7-10(16)11-8(14)5-4-6-9(11)15/h4-6,10H,7,16H2,1-3H3,(H,17,18). The molecule has 3 N–H and O–H groups in total. The van der Waals surface area contributed by atoms with Gasteiger partial charge in [0.2, 0.25) is 0 Å². The molecule has 1 aromatic rings. The maximum absolute atomic E-state index is 13.4. The molecule has 1 rings (SSSR count). The highest BCUT2D eigenvalue weighted by Crippen LogP contribution is 2.18.